The number of amidine groups is 1. The van der Waals surface area contributed by atoms with Crippen LogP contribution in [0.1, 0.15) is 5.56 Å². The molecule has 1 aliphatic heterocycles. The molecule has 0 unspecified atom stereocenters. The monoisotopic (exact) mass is 280 g/mol. The van der Waals surface area contributed by atoms with E-state index in [9.17, 15) is 0 Å². The third-order valence-electron chi connectivity index (χ3n) is 3.66. The molecule has 2 N–H and O–H groups in total. The normalized spacial score (nSPS) is 13.5. The molecular formula is C17H20N4. The second-order valence-corrected chi connectivity index (χ2v) is 5.46. The lowest BCUT2D eigenvalue weighted by Gasteiger charge is -2.27. The lowest BCUT2D eigenvalue weighted by molar-refractivity contribution is 0.419. The van der Waals surface area contributed by atoms with E-state index in [0.717, 1.165) is 35.7 Å². The highest BCUT2D eigenvalue weighted by molar-refractivity contribution is 6.07. The van der Waals surface area contributed by atoms with E-state index in [4.69, 9.17) is 5.73 Å². The van der Waals surface area contributed by atoms with Crippen LogP contribution in [0.25, 0.3) is 0 Å². The van der Waals surface area contributed by atoms with Crippen molar-refractivity contribution in [1.82, 2.24) is 4.90 Å². The molecule has 0 atom stereocenters. The van der Waals surface area contributed by atoms with Gasteiger partial charge in [0.05, 0.1) is 17.1 Å². The SMILES string of the molecule is CN(C)CCN1c2ccccc2N=C(N)c2ccccc21. The van der Waals surface area contributed by atoms with Gasteiger partial charge in [-0.15, -0.1) is 0 Å². The minimum Gasteiger partial charge on any atom is -0.383 e. The van der Waals surface area contributed by atoms with Crippen molar-refractivity contribution in [2.45, 2.75) is 0 Å². The molecule has 21 heavy (non-hydrogen) atoms. The molecule has 1 heterocycles. The third kappa shape index (κ3) is 2.62. The summed E-state index contributed by atoms with van der Waals surface area (Å²) in [6.07, 6.45) is 0. The van der Waals surface area contributed by atoms with E-state index in [0.29, 0.717) is 5.84 Å². The number of fused-ring (bicyclic) bond motifs is 2. The first-order chi connectivity index (χ1) is 10.2. The van der Waals surface area contributed by atoms with E-state index in [1.165, 1.54) is 0 Å². The number of para-hydroxylation sites is 3. The van der Waals surface area contributed by atoms with Crippen LogP contribution in [0.3, 0.4) is 0 Å². The third-order valence-corrected chi connectivity index (χ3v) is 3.66. The molecule has 0 fully saturated rings. The predicted molar refractivity (Wildman–Crippen MR) is 88.8 cm³/mol. The molecule has 0 aliphatic carbocycles. The summed E-state index contributed by atoms with van der Waals surface area (Å²) in [6, 6.07) is 16.3. The Labute approximate surface area is 125 Å². The maximum atomic E-state index is 6.19. The Morgan fingerprint density at radius 2 is 1.67 bits per heavy atom. The summed E-state index contributed by atoms with van der Waals surface area (Å²) in [5, 5.41) is 0. The molecule has 0 amide bonds. The van der Waals surface area contributed by atoms with Crippen LogP contribution in [-0.4, -0.2) is 37.9 Å². The van der Waals surface area contributed by atoms with Crippen molar-refractivity contribution in [1.29, 1.82) is 0 Å². The highest BCUT2D eigenvalue weighted by Gasteiger charge is 2.21. The smallest absolute Gasteiger partial charge is 0.133 e. The van der Waals surface area contributed by atoms with Crippen LogP contribution in [0, 0.1) is 0 Å². The standard InChI is InChI=1S/C17H20N4/c1-20(2)11-12-21-15-9-5-3-7-13(15)17(18)19-14-8-4-6-10-16(14)21/h3-10H,11-12H2,1-2H3,(H2,18,19). The molecule has 1 aliphatic rings. The molecule has 2 aromatic rings. The van der Waals surface area contributed by atoms with Gasteiger partial charge in [-0.1, -0.05) is 24.3 Å². The van der Waals surface area contributed by atoms with Gasteiger partial charge in [-0.25, -0.2) is 4.99 Å². The highest BCUT2D eigenvalue weighted by Crippen LogP contribution is 2.38. The first-order valence-corrected chi connectivity index (χ1v) is 7.11. The Balaban J connectivity index is 2.14. The average molecular weight is 280 g/mol. The van der Waals surface area contributed by atoms with E-state index >= 15 is 0 Å². The number of nitrogens with zero attached hydrogens (tertiary/aromatic N) is 3. The number of anilines is 2. The Hall–Kier alpha value is -2.33. The summed E-state index contributed by atoms with van der Waals surface area (Å²) in [6.45, 7) is 1.85. The Morgan fingerprint density at radius 3 is 2.43 bits per heavy atom. The second kappa shape index (κ2) is 5.58. The molecule has 4 heteroatoms. The van der Waals surface area contributed by atoms with E-state index < -0.39 is 0 Å². The summed E-state index contributed by atoms with van der Waals surface area (Å²) in [5.41, 5.74) is 10.3. The number of benzene rings is 2. The van der Waals surface area contributed by atoms with Gasteiger partial charge < -0.3 is 15.5 Å². The molecule has 0 aromatic heterocycles. The van der Waals surface area contributed by atoms with Gasteiger partial charge in [0.25, 0.3) is 0 Å². The lowest BCUT2D eigenvalue weighted by Crippen LogP contribution is -2.29. The summed E-state index contributed by atoms with van der Waals surface area (Å²) in [7, 11) is 4.17. The zero-order valence-corrected chi connectivity index (χ0v) is 12.5. The molecular weight excluding hydrogens is 260 g/mol. The second-order valence-electron chi connectivity index (χ2n) is 5.46. The first-order valence-electron chi connectivity index (χ1n) is 7.11. The lowest BCUT2D eigenvalue weighted by atomic mass is 10.1. The van der Waals surface area contributed by atoms with Crippen molar-refractivity contribution < 1.29 is 0 Å². The molecule has 0 radical (unpaired) electrons. The van der Waals surface area contributed by atoms with Crippen molar-refractivity contribution in [3.63, 3.8) is 0 Å². The Kier molecular flexibility index (Phi) is 3.62. The van der Waals surface area contributed by atoms with Crippen molar-refractivity contribution in [2.75, 3.05) is 32.1 Å². The van der Waals surface area contributed by atoms with Gasteiger partial charge in [0.2, 0.25) is 0 Å². The van der Waals surface area contributed by atoms with E-state index in [1.54, 1.807) is 0 Å². The Bertz CT molecular complexity index is 676. The van der Waals surface area contributed by atoms with Gasteiger partial charge in [0.15, 0.2) is 0 Å². The highest BCUT2D eigenvalue weighted by atomic mass is 15.2. The summed E-state index contributed by atoms with van der Waals surface area (Å²) < 4.78 is 0. The van der Waals surface area contributed by atoms with Crippen LogP contribution in [0.15, 0.2) is 53.5 Å². The molecule has 0 bridgehead atoms. The number of nitrogens with two attached hydrogens (primary N) is 1. The van der Waals surface area contributed by atoms with E-state index in [-0.39, 0.29) is 0 Å². The predicted octanol–water partition coefficient (Wildman–Crippen LogP) is 2.74. The maximum Gasteiger partial charge on any atom is 0.133 e. The molecule has 0 spiro atoms. The van der Waals surface area contributed by atoms with Gasteiger partial charge in [0.1, 0.15) is 5.84 Å². The fraction of sp³-hybridized carbons (Fsp3) is 0.235. The number of hydrogen-bond donors (Lipinski definition) is 1. The van der Waals surface area contributed by atoms with Crippen molar-refractivity contribution in [2.24, 2.45) is 10.7 Å². The van der Waals surface area contributed by atoms with Gasteiger partial charge >= 0.3 is 0 Å². The van der Waals surface area contributed by atoms with Crippen LogP contribution in [0.4, 0.5) is 17.1 Å². The maximum absolute atomic E-state index is 6.19. The topological polar surface area (TPSA) is 44.9 Å². The van der Waals surface area contributed by atoms with Crippen LogP contribution >= 0.6 is 0 Å². The van der Waals surface area contributed by atoms with Gasteiger partial charge in [-0.05, 0) is 38.4 Å². The molecule has 0 saturated carbocycles. The average Bonchev–Trinajstić information content (AvgIpc) is 2.60. The van der Waals surface area contributed by atoms with E-state index in [2.05, 4.69) is 41.0 Å². The molecule has 108 valence electrons. The summed E-state index contributed by atoms with van der Waals surface area (Å²) in [5.74, 6) is 0.574. The van der Waals surface area contributed by atoms with Crippen LogP contribution in [0.2, 0.25) is 0 Å². The van der Waals surface area contributed by atoms with Gasteiger partial charge in [-0.3, -0.25) is 0 Å². The first kappa shape index (κ1) is 13.6. The van der Waals surface area contributed by atoms with Gasteiger partial charge in [-0.2, -0.15) is 0 Å². The zero-order valence-electron chi connectivity index (χ0n) is 12.5. The molecule has 3 rings (SSSR count). The molecule has 0 saturated heterocycles. The summed E-state index contributed by atoms with van der Waals surface area (Å²) in [4.78, 5) is 9.08. The van der Waals surface area contributed by atoms with Gasteiger partial charge in [0, 0.05) is 18.7 Å². The van der Waals surface area contributed by atoms with Crippen molar-refractivity contribution in [3.8, 4) is 0 Å². The fourth-order valence-electron chi connectivity index (χ4n) is 2.57. The molecule has 2 aromatic carbocycles. The van der Waals surface area contributed by atoms with Crippen molar-refractivity contribution >= 4 is 22.9 Å². The quantitative estimate of drug-likeness (QED) is 0.940. The Morgan fingerprint density at radius 1 is 1.00 bits per heavy atom. The summed E-state index contributed by atoms with van der Waals surface area (Å²) >= 11 is 0. The number of hydrogen-bond acceptors (Lipinski definition) is 4. The number of rotatable bonds is 3. The fourth-order valence-corrected chi connectivity index (χ4v) is 2.57. The van der Waals surface area contributed by atoms with E-state index in [1.807, 2.05) is 36.4 Å². The van der Waals surface area contributed by atoms with Crippen LogP contribution in [0.5, 0.6) is 0 Å². The molecule has 4 nitrogen and oxygen atoms in total. The zero-order chi connectivity index (χ0) is 14.8. The van der Waals surface area contributed by atoms with Crippen molar-refractivity contribution in [3.05, 3.63) is 54.1 Å². The number of aliphatic imine (C=N–C) groups is 1. The largest absolute Gasteiger partial charge is 0.383 e. The van der Waals surface area contributed by atoms with Crippen LogP contribution in [-0.2, 0) is 0 Å². The van der Waals surface area contributed by atoms with Crippen LogP contribution < -0.4 is 10.6 Å². The minimum atomic E-state index is 0.574. The number of likely N-dealkylation sites (N-methyl/N-ethyl adjacent to an activating group) is 1. The minimum absolute atomic E-state index is 0.574.